The number of ether oxygens (including phenoxy) is 1. The minimum Gasteiger partial charge on any atom is -0.486 e. The van der Waals surface area contributed by atoms with Gasteiger partial charge in [0.1, 0.15) is 11.9 Å². The van der Waals surface area contributed by atoms with E-state index < -0.39 is 0 Å². The first-order chi connectivity index (χ1) is 8.76. The van der Waals surface area contributed by atoms with Gasteiger partial charge in [0.15, 0.2) is 0 Å². The molecule has 0 spiro atoms. The highest BCUT2D eigenvalue weighted by molar-refractivity contribution is 5.87. The smallest absolute Gasteiger partial charge is 0.124 e. The van der Waals surface area contributed by atoms with Crippen molar-refractivity contribution in [2.45, 2.75) is 19.4 Å². The van der Waals surface area contributed by atoms with E-state index in [4.69, 9.17) is 10.5 Å². The Bertz CT molecular complexity index is 548. The topological polar surface area (TPSA) is 35.2 Å². The van der Waals surface area contributed by atoms with Crippen LogP contribution < -0.4 is 10.5 Å². The predicted octanol–water partition coefficient (Wildman–Crippen LogP) is 3.29. The maximum Gasteiger partial charge on any atom is 0.124 e. The van der Waals surface area contributed by atoms with Gasteiger partial charge >= 0.3 is 0 Å². The molecule has 2 N–H and O–H groups in total. The summed E-state index contributed by atoms with van der Waals surface area (Å²) in [5, 5.41) is 2.44. The standard InChI is InChI=1S/C16H19NO/c1-3-12(2)18-16-9-8-13-6-4-5-7-14(13)15(16)10-11-17/h3-9,12H,1,10-11,17H2,2H3. The minimum absolute atomic E-state index is 0.00249. The SMILES string of the molecule is C=CC(C)Oc1ccc2ccccc2c1CCN. The van der Waals surface area contributed by atoms with Gasteiger partial charge in [-0.05, 0) is 36.7 Å². The van der Waals surface area contributed by atoms with Crippen molar-refractivity contribution in [1.82, 2.24) is 0 Å². The first-order valence-electron chi connectivity index (χ1n) is 6.26. The van der Waals surface area contributed by atoms with Gasteiger partial charge < -0.3 is 10.5 Å². The molecular weight excluding hydrogens is 222 g/mol. The van der Waals surface area contributed by atoms with Crippen LogP contribution in [-0.2, 0) is 6.42 Å². The zero-order chi connectivity index (χ0) is 13.0. The van der Waals surface area contributed by atoms with Crippen LogP contribution in [0.1, 0.15) is 12.5 Å². The molecule has 0 aliphatic heterocycles. The highest BCUT2D eigenvalue weighted by Gasteiger charge is 2.09. The molecule has 18 heavy (non-hydrogen) atoms. The third kappa shape index (κ3) is 2.54. The van der Waals surface area contributed by atoms with E-state index in [0.29, 0.717) is 6.54 Å². The second-order valence-electron chi connectivity index (χ2n) is 4.36. The lowest BCUT2D eigenvalue weighted by Gasteiger charge is -2.16. The van der Waals surface area contributed by atoms with Gasteiger partial charge in [0.05, 0.1) is 0 Å². The Balaban J connectivity index is 2.51. The maximum absolute atomic E-state index is 5.88. The maximum atomic E-state index is 5.88. The van der Waals surface area contributed by atoms with E-state index >= 15 is 0 Å². The molecule has 0 bridgehead atoms. The molecule has 94 valence electrons. The van der Waals surface area contributed by atoms with E-state index in [0.717, 1.165) is 12.2 Å². The second kappa shape index (κ2) is 5.69. The number of fused-ring (bicyclic) bond motifs is 1. The highest BCUT2D eigenvalue weighted by Crippen LogP contribution is 2.29. The van der Waals surface area contributed by atoms with Gasteiger partial charge in [-0.2, -0.15) is 0 Å². The molecule has 2 nitrogen and oxygen atoms in total. The van der Waals surface area contributed by atoms with Gasteiger partial charge in [0.2, 0.25) is 0 Å². The Morgan fingerprint density at radius 1 is 1.28 bits per heavy atom. The lowest BCUT2D eigenvalue weighted by atomic mass is 10.0. The van der Waals surface area contributed by atoms with Crippen LogP contribution in [0.4, 0.5) is 0 Å². The summed E-state index contributed by atoms with van der Waals surface area (Å²) in [5.41, 5.74) is 6.89. The summed E-state index contributed by atoms with van der Waals surface area (Å²) in [4.78, 5) is 0. The summed E-state index contributed by atoms with van der Waals surface area (Å²) in [6.07, 6.45) is 2.62. The third-order valence-electron chi connectivity index (χ3n) is 3.04. The van der Waals surface area contributed by atoms with Gasteiger partial charge in [0.25, 0.3) is 0 Å². The molecule has 0 aromatic heterocycles. The van der Waals surface area contributed by atoms with Crippen LogP contribution >= 0.6 is 0 Å². The lowest BCUT2D eigenvalue weighted by Crippen LogP contribution is -2.11. The molecule has 2 aromatic carbocycles. The van der Waals surface area contributed by atoms with Crippen molar-refractivity contribution in [2.24, 2.45) is 5.73 Å². The molecule has 1 atom stereocenters. The molecular formula is C16H19NO. The molecule has 0 amide bonds. The quantitative estimate of drug-likeness (QED) is 0.815. The summed E-state index contributed by atoms with van der Waals surface area (Å²) in [6, 6.07) is 12.4. The zero-order valence-corrected chi connectivity index (χ0v) is 10.7. The molecule has 0 aliphatic carbocycles. The van der Waals surface area contributed by atoms with E-state index in [-0.39, 0.29) is 6.10 Å². The van der Waals surface area contributed by atoms with Crippen LogP contribution in [0.2, 0.25) is 0 Å². The van der Waals surface area contributed by atoms with Crippen LogP contribution in [0.15, 0.2) is 49.1 Å². The summed E-state index contributed by atoms with van der Waals surface area (Å²) in [5.74, 6) is 0.909. The van der Waals surface area contributed by atoms with Gasteiger partial charge in [-0.25, -0.2) is 0 Å². The predicted molar refractivity (Wildman–Crippen MR) is 77.0 cm³/mol. The summed E-state index contributed by atoms with van der Waals surface area (Å²) < 4.78 is 5.88. The Labute approximate surface area is 108 Å². The van der Waals surface area contributed by atoms with Crippen molar-refractivity contribution in [1.29, 1.82) is 0 Å². The van der Waals surface area contributed by atoms with Crippen molar-refractivity contribution in [3.8, 4) is 5.75 Å². The van der Waals surface area contributed by atoms with E-state index in [2.05, 4.69) is 24.8 Å². The third-order valence-corrected chi connectivity index (χ3v) is 3.04. The van der Waals surface area contributed by atoms with Crippen LogP contribution in [0, 0.1) is 0 Å². The molecule has 1 unspecified atom stereocenters. The Morgan fingerprint density at radius 3 is 2.78 bits per heavy atom. The van der Waals surface area contributed by atoms with Gasteiger partial charge in [-0.3, -0.25) is 0 Å². The second-order valence-corrected chi connectivity index (χ2v) is 4.36. The Morgan fingerprint density at radius 2 is 2.06 bits per heavy atom. The molecule has 2 rings (SSSR count). The summed E-state index contributed by atoms with van der Waals surface area (Å²) >= 11 is 0. The lowest BCUT2D eigenvalue weighted by molar-refractivity contribution is 0.268. The normalized spacial score (nSPS) is 12.3. The molecule has 0 saturated heterocycles. The molecule has 0 fully saturated rings. The average Bonchev–Trinajstić information content (AvgIpc) is 2.41. The monoisotopic (exact) mass is 241 g/mol. The van der Waals surface area contributed by atoms with Gasteiger partial charge in [0, 0.05) is 5.56 Å². The number of hydrogen-bond acceptors (Lipinski definition) is 2. The van der Waals surface area contributed by atoms with Crippen LogP contribution in [0.5, 0.6) is 5.75 Å². The zero-order valence-electron chi connectivity index (χ0n) is 10.7. The molecule has 2 aromatic rings. The van der Waals surface area contributed by atoms with Crippen molar-refractivity contribution < 1.29 is 4.74 Å². The Hall–Kier alpha value is -1.80. The van der Waals surface area contributed by atoms with Crippen molar-refractivity contribution in [3.05, 3.63) is 54.6 Å². The van der Waals surface area contributed by atoms with E-state index in [9.17, 15) is 0 Å². The van der Waals surface area contributed by atoms with Crippen molar-refractivity contribution in [3.63, 3.8) is 0 Å². The molecule has 0 aliphatic rings. The molecule has 0 heterocycles. The van der Waals surface area contributed by atoms with Crippen LogP contribution in [0.25, 0.3) is 10.8 Å². The minimum atomic E-state index is 0.00249. The van der Waals surface area contributed by atoms with E-state index in [1.54, 1.807) is 6.08 Å². The van der Waals surface area contributed by atoms with Crippen molar-refractivity contribution in [2.75, 3.05) is 6.54 Å². The van der Waals surface area contributed by atoms with E-state index in [1.165, 1.54) is 16.3 Å². The first-order valence-corrected chi connectivity index (χ1v) is 6.26. The fourth-order valence-electron chi connectivity index (χ4n) is 2.08. The first kappa shape index (κ1) is 12.7. The molecule has 2 heteroatoms. The van der Waals surface area contributed by atoms with Gasteiger partial charge in [-0.1, -0.05) is 43.0 Å². The number of nitrogens with two attached hydrogens (primary N) is 1. The van der Waals surface area contributed by atoms with E-state index in [1.807, 2.05) is 25.1 Å². The number of benzene rings is 2. The van der Waals surface area contributed by atoms with Gasteiger partial charge in [-0.15, -0.1) is 0 Å². The molecule has 0 radical (unpaired) electrons. The average molecular weight is 241 g/mol. The fraction of sp³-hybridized carbons (Fsp3) is 0.250. The summed E-state index contributed by atoms with van der Waals surface area (Å²) in [7, 11) is 0. The summed E-state index contributed by atoms with van der Waals surface area (Å²) in [6.45, 7) is 6.34. The largest absolute Gasteiger partial charge is 0.486 e. The molecule has 0 saturated carbocycles. The van der Waals surface area contributed by atoms with Crippen LogP contribution in [0.3, 0.4) is 0 Å². The Kier molecular flexibility index (Phi) is 4.00. The number of hydrogen-bond donors (Lipinski definition) is 1. The number of rotatable bonds is 5. The van der Waals surface area contributed by atoms with Crippen molar-refractivity contribution >= 4 is 10.8 Å². The highest BCUT2D eigenvalue weighted by atomic mass is 16.5. The fourth-order valence-corrected chi connectivity index (χ4v) is 2.08. The van der Waals surface area contributed by atoms with Crippen LogP contribution in [-0.4, -0.2) is 12.6 Å².